The number of hydrogen-bond donors (Lipinski definition) is 1. The second kappa shape index (κ2) is 13.3. The van der Waals surface area contributed by atoms with Gasteiger partial charge in [0.05, 0.1) is 38.2 Å². The van der Waals surface area contributed by atoms with Crippen molar-refractivity contribution >= 4 is 0 Å². The maximum absolute atomic E-state index is 10.8. The van der Waals surface area contributed by atoms with Crippen LogP contribution in [-0.4, -0.2) is 52.8 Å². The van der Waals surface area contributed by atoms with E-state index in [1.807, 2.05) is 73.8 Å². The molecule has 0 aliphatic heterocycles. The molecule has 4 rings (SSSR count). The van der Waals surface area contributed by atoms with Gasteiger partial charge in [0.15, 0.2) is 0 Å². The van der Waals surface area contributed by atoms with Crippen LogP contribution in [0.4, 0.5) is 0 Å². The number of aromatic nitrogens is 2. The van der Waals surface area contributed by atoms with E-state index in [4.69, 9.17) is 23.7 Å². The van der Waals surface area contributed by atoms with E-state index in [1.54, 1.807) is 18.1 Å². The lowest BCUT2D eigenvalue weighted by atomic mass is 10.1. The molecule has 0 saturated heterocycles. The van der Waals surface area contributed by atoms with Crippen molar-refractivity contribution in [3.63, 3.8) is 0 Å². The topological polar surface area (TPSA) is 82.1 Å². The van der Waals surface area contributed by atoms with E-state index in [1.165, 1.54) is 0 Å². The van der Waals surface area contributed by atoms with Gasteiger partial charge in [-0.3, -0.25) is 4.90 Å². The summed E-state index contributed by atoms with van der Waals surface area (Å²) >= 11 is 0. The normalized spacial score (nSPS) is 12.3. The van der Waals surface area contributed by atoms with E-state index in [0.29, 0.717) is 49.5 Å². The molecule has 0 radical (unpaired) electrons. The van der Waals surface area contributed by atoms with Gasteiger partial charge < -0.3 is 23.7 Å². The number of benzene rings is 2. The van der Waals surface area contributed by atoms with E-state index >= 15 is 0 Å². The van der Waals surface area contributed by atoms with Crippen LogP contribution in [0.15, 0.2) is 77.4 Å². The fraction of sp³-hybridized carbons (Fsp3) is 0.367. The van der Waals surface area contributed by atoms with Crippen LogP contribution >= 0.6 is 0 Å². The maximum Gasteiger partial charge on any atom is 0.222 e. The third kappa shape index (κ3) is 7.47. The molecule has 0 bridgehead atoms. The number of hydrogen-bond acceptors (Lipinski definition) is 7. The molecule has 38 heavy (non-hydrogen) atoms. The Morgan fingerprint density at radius 1 is 0.974 bits per heavy atom. The Bertz CT molecular complexity index is 1250. The Hall–Kier alpha value is -3.59. The largest absolute Gasteiger partial charge is 0.497 e. The molecule has 2 heterocycles. The number of aryl methyl sites for hydroxylation is 1. The second-order valence-corrected chi connectivity index (χ2v) is 9.74. The van der Waals surface area contributed by atoms with Crippen molar-refractivity contribution in [2.45, 2.75) is 33.0 Å². The fourth-order valence-electron chi connectivity index (χ4n) is 4.25. The zero-order valence-electron chi connectivity index (χ0n) is 22.5. The summed E-state index contributed by atoms with van der Waals surface area (Å²) in [7, 11) is 3.50. The molecule has 1 atom stereocenters. The SMILES string of the molecule is COc1cccc(Oc2c(CN(Cc3ccco3)C[C@@H](O)COCC(C)C)c(-c3ccccc3)nn2C)c1. The Morgan fingerprint density at radius 2 is 1.76 bits per heavy atom. The van der Waals surface area contributed by atoms with Crippen LogP contribution in [-0.2, 0) is 24.9 Å². The number of ether oxygens (including phenoxy) is 3. The third-order valence-corrected chi connectivity index (χ3v) is 5.96. The lowest BCUT2D eigenvalue weighted by Gasteiger charge is -2.25. The minimum atomic E-state index is -0.664. The highest BCUT2D eigenvalue weighted by molar-refractivity contribution is 5.65. The molecule has 8 heteroatoms. The first-order valence-corrected chi connectivity index (χ1v) is 12.9. The average molecular weight is 520 g/mol. The molecule has 202 valence electrons. The summed E-state index contributed by atoms with van der Waals surface area (Å²) in [6.45, 7) is 6.42. The number of aliphatic hydroxyl groups is 1. The summed E-state index contributed by atoms with van der Waals surface area (Å²) in [6.07, 6.45) is 0.996. The zero-order chi connectivity index (χ0) is 26.9. The molecule has 0 fully saturated rings. The molecular formula is C30H37N3O5. The van der Waals surface area contributed by atoms with Crippen LogP contribution in [0.3, 0.4) is 0 Å². The predicted octanol–water partition coefficient (Wildman–Crippen LogP) is 5.52. The molecule has 0 spiro atoms. The minimum absolute atomic E-state index is 0.262. The van der Waals surface area contributed by atoms with Gasteiger partial charge in [0.25, 0.3) is 0 Å². The molecule has 2 aromatic heterocycles. The second-order valence-electron chi connectivity index (χ2n) is 9.74. The first kappa shape index (κ1) is 27.4. The molecule has 0 aliphatic rings. The molecular weight excluding hydrogens is 482 g/mol. The van der Waals surface area contributed by atoms with Gasteiger partial charge in [0, 0.05) is 38.4 Å². The number of furan rings is 1. The maximum atomic E-state index is 10.8. The molecule has 0 aliphatic carbocycles. The molecule has 1 N–H and O–H groups in total. The highest BCUT2D eigenvalue weighted by Gasteiger charge is 2.24. The molecule has 0 amide bonds. The standard InChI is InChI=1S/C30H37N3O5/c1-22(2)20-36-21-24(34)17-33(18-27-14-9-15-37-27)19-28-29(23-10-6-5-7-11-23)31-32(3)30(28)38-26-13-8-12-25(16-26)35-4/h5-16,22,24,34H,17-21H2,1-4H3/t24-/m1/s1. The van der Waals surface area contributed by atoms with Crippen LogP contribution in [0.25, 0.3) is 11.3 Å². The Kier molecular flexibility index (Phi) is 9.59. The van der Waals surface area contributed by atoms with Gasteiger partial charge in [-0.05, 0) is 30.2 Å². The van der Waals surface area contributed by atoms with E-state index in [0.717, 1.165) is 22.6 Å². The first-order chi connectivity index (χ1) is 18.4. The van der Waals surface area contributed by atoms with Crippen molar-refractivity contribution in [1.29, 1.82) is 0 Å². The van der Waals surface area contributed by atoms with Crippen molar-refractivity contribution in [2.75, 3.05) is 26.9 Å². The van der Waals surface area contributed by atoms with E-state index in [-0.39, 0.29) is 6.61 Å². The summed E-state index contributed by atoms with van der Waals surface area (Å²) in [5.74, 6) is 3.18. The van der Waals surface area contributed by atoms with Gasteiger partial charge >= 0.3 is 0 Å². The van der Waals surface area contributed by atoms with Crippen LogP contribution in [0.2, 0.25) is 0 Å². The van der Waals surface area contributed by atoms with Crippen LogP contribution in [0.1, 0.15) is 25.2 Å². The lowest BCUT2D eigenvalue weighted by Crippen LogP contribution is -2.34. The quantitative estimate of drug-likeness (QED) is 0.235. The summed E-state index contributed by atoms with van der Waals surface area (Å²) < 4.78 is 24.9. The third-order valence-electron chi connectivity index (χ3n) is 5.96. The average Bonchev–Trinajstić information content (AvgIpc) is 3.52. The van der Waals surface area contributed by atoms with Crippen LogP contribution in [0, 0.1) is 5.92 Å². The summed E-state index contributed by atoms with van der Waals surface area (Å²) in [5, 5.41) is 15.7. The number of aliphatic hydroxyl groups excluding tert-OH is 1. The number of nitrogens with zero attached hydrogens (tertiary/aromatic N) is 3. The molecule has 0 saturated carbocycles. The molecule has 4 aromatic rings. The van der Waals surface area contributed by atoms with Gasteiger partial charge in [0.2, 0.25) is 5.88 Å². The fourth-order valence-corrected chi connectivity index (χ4v) is 4.25. The summed E-state index contributed by atoms with van der Waals surface area (Å²) in [5.41, 5.74) is 2.71. The van der Waals surface area contributed by atoms with Crippen molar-refractivity contribution < 1.29 is 23.7 Å². The van der Waals surface area contributed by atoms with Gasteiger partial charge in [-0.15, -0.1) is 0 Å². The lowest BCUT2D eigenvalue weighted by molar-refractivity contribution is 0.00453. The zero-order valence-corrected chi connectivity index (χ0v) is 22.5. The highest BCUT2D eigenvalue weighted by Crippen LogP contribution is 2.35. The van der Waals surface area contributed by atoms with Gasteiger partial charge in [-0.1, -0.05) is 50.2 Å². The Morgan fingerprint density at radius 3 is 2.47 bits per heavy atom. The van der Waals surface area contributed by atoms with Crippen molar-refractivity contribution in [1.82, 2.24) is 14.7 Å². The van der Waals surface area contributed by atoms with Crippen LogP contribution in [0.5, 0.6) is 17.4 Å². The van der Waals surface area contributed by atoms with E-state index in [9.17, 15) is 5.11 Å². The van der Waals surface area contributed by atoms with E-state index in [2.05, 4.69) is 18.7 Å². The van der Waals surface area contributed by atoms with Gasteiger partial charge in [-0.25, -0.2) is 4.68 Å². The number of methoxy groups -OCH3 is 1. The Balaban J connectivity index is 1.66. The summed E-state index contributed by atoms with van der Waals surface area (Å²) in [4.78, 5) is 2.13. The van der Waals surface area contributed by atoms with Gasteiger partial charge in [0.1, 0.15) is 23.0 Å². The minimum Gasteiger partial charge on any atom is -0.497 e. The van der Waals surface area contributed by atoms with Gasteiger partial charge in [-0.2, -0.15) is 5.10 Å². The molecule has 0 unspecified atom stereocenters. The molecule has 2 aromatic carbocycles. The summed E-state index contributed by atoms with van der Waals surface area (Å²) in [6, 6.07) is 21.3. The molecule has 8 nitrogen and oxygen atoms in total. The van der Waals surface area contributed by atoms with Crippen molar-refractivity contribution in [2.24, 2.45) is 13.0 Å². The van der Waals surface area contributed by atoms with Crippen LogP contribution < -0.4 is 9.47 Å². The smallest absolute Gasteiger partial charge is 0.222 e. The monoisotopic (exact) mass is 519 g/mol. The Labute approximate surface area is 224 Å². The number of rotatable bonds is 14. The predicted molar refractivity (Wildman–Crippen MR) is 146 cm³/mol. The first-order valence-electron chi connectivity index (χ1n) is 12.9. The van der Waals surface area contributed by atoms with Crippen molar-refractivity contribution in [3.8, 4) is 28.6 Å². The highest BCUT2D eigenvalue weighted by atomic mass is 16.5. The van der Waals surface area contributed by atoms with Crippen molar-refractivity contribution in [3.05, 3.63) is 84.3 Å². The van der Waals surface area contributed by atoms with E-state index < -0.39 is 6.10 Å².